The number of halogens is 3. The van der Waals surface area contributed by atoms with Crippen molar-refractivity contribution in [1.29, 1.82) is 0 Å². The van der Waals surface area contributed by atoms with Crippen LogP contribution in [-0.2, 0) is 6.54 Å². The molecule has 3 aliphatic rings. The number of rotatable bonds is 5. The van der Waals surface area contributed by atoms with Crippen molar-refractivity contribution in [3.63, 3.8) is 0 Å². The highest BCUT2D eigenvalue weighted by atomic mass is 35.5. The molecule has 2 fully saturated rings. The van der Waals surface area contributed by atoms with Crippen LogP contribution in [0.5, 0.6) is 0 Å². The fraction of sp³-hybridized carbons (Fsp3) is 0.273. The lowest BCUT2D eigenvalue weighted by Gasteiger charge is -2.24. The van der Waals surface area contributed by atoms with E-state index in [4.69, 9.17) is 16.6 Å². The monoisotopic (exact) mass is 600 g/mol. The highest BCUT2D eigenvalue weighted by Crippen LogP contribution is 2.39. The van der Waals surface area contributed by atoms with E-state index in [2.05, 4.69) is 20.6 Å². The Bertz CT molecular complexity index is 1720. The van der Waals surface area contributed by atoms with Gasteiger partial charge in [0.1, 0.15) is 11.6 Å². The first-order chi connectivity index (χ1) is 20.4. The number of anilines is 2. The minimum atomic E-state index is -0.708. The zero-order chi connectivity index (χ0) is 29.0. The number of carbonyl (C=O) groups is 1. The molecule has 0 saturated carbocycles. The largest absolute Gasteiger partial charge is 0.331 e. The number of carbonyl (C=O) groups excluding carboxylic acids is 1. The first-order valence-electron chi connectivity index (χ1n) is 13.9. The minimum Gasteiger partial charge on any atom is -0.331 e. The maximum Gasteiger partial charge on any atom is 0.254 e. The van der Waals surface area contributed by atoms with Gasteiger partial charge in [-0.3, -0.25) is 9.79 Å². The van der Waals surface area contributed by atoms with Crippen LogP contribution in [0, 0.1) is 11.6 Å². The standard InChI is InChI=1S/C32H27ClF2N6O.CH4/c1-36-26-14-21-10-12-27(26)41(21)31(42)17-5-8-20(9-6-17)39-32-38-16-18-15-37-30(28-24(34)3-2-4-25(28)35)23-13-19(33)7-11-22(23)29(18)40-32;/h2-9,11,13,16,21,26-27,36H,10,12,14-15H2,1H3,(H,38,39,40);1H4. The molecule has 2 N–H and O–H groups in total. The summed E-state index contributed by atoms with van der Waals surface area (Å²) in [5.74, 6) is -1.02. The van der Waals surface area contributed by atoms with Crippen LogP contribution in [0.25, 0.3) is 11.3 Å². The third-order valence-corrected chi connectivity index (χ3v) is 8.73. The van der Waals surface area contributed by atoms with Gasteiger partial charge in [-0.05, 0) is 74.8 Å². The fourth-order valence-corrected chi connectivity index (χ4v) is 6.68. The predicted octanol–water partition coefficient (Wildman–Crippen LogP) is 6.77. The number of hydrogen-bond acceptors (Lipinski definition) is 6. The first kappa shape index (κ1) is 28.9. The molecule has 0 radical (unpaired) electrons. The van der Waals surface area contributed by atoms with Gasteiger partial charge in [0.05, 0.1) is 23.5 Å². The van der Waals surface area contributed by atoms with Gasteiger partial charge in [0, 0.05) is 57.3 Å². The molecular formula is C33H31ClF2N6O. The smallest absolute Gasteiger partial charge is 0.254 e. The summed E-state index contributed by atoms with van der Waals surface area (Å²) < 4.78 is 29.6. The number of fused-ring (bicyclic) bond motifs is 5. The first-order valence-corrected chi connectivity index (χ1v) is 14.3. The Morgan fingerprint density at radius 3 is 2.51 bits per heavy atom. The third-order valence-electron chi connectivity index (χ3n) is 8.49. The van der Waals surface area contributed by atoms with Gasteiger partial charge in [0.25, 0.3) is 5.91 Å². The maximum absolute atomic E-state index is 14.8. The maximum atomic E-state index is 14.8. The molecule has 7 nitrogen and oxygen atoms in total. The molecule has 220 valence electrons. The molecule has 3 unspecified atom stereocenters. The zero-order valence-electron chi connectivity index (χ0n) is 22.7. The lowest BCUT2D eigenvalue weighted by atomic mass is 9.95. The molecule has 3 aliphatic heterocycles. The van der Waals surface area contributed by atoms with Crippen molar-refractivity contribution in [2.75, 3.05) is 12.4 Å². The van der Waals surface area contributed by atoms with Crippen molar-refractivity contribution < 1.29 is 13.6 Å². The van der Waals surface area contributed by atoms with Gasteiger partial charge in [0.2, 0.25) is 5.95 Å². The molecular weight excluding hydrogens is 570 g/mol. The summed E-state index contributed by atoms with van der Waals surface area (Å²) in [6, 6.07) is 17.1. The number of hydrogen-bond donors (Lipinski definition) is 2. The second-order valence-electron chi connectivity index (χ2n) is 10.9. The van der Waals surface area contributed by atoms with E-state index in [1.165, 1.54) is 18.2 Å². The van der Waals surface area contributed by atoms with Crippen LogP contribution in [0.15, 0.2) is 71.9 Å². The number of aliphatic imine (C=N–C) groups is 1. The van der Waals surface area contributed by atoms with E-state index in [1.807, 2.05) is 36.2 Å². The molecule has 10 heteroatoms. The van der Waals surface area contributed by atoms with E-state index < -0.39 is 11.6 Å². The Hall–Kier alpha value is -4.21. The van der Waals surface area contributed by atoms with Gasteiger partial charge in [-0.2, -0.15) is 0 Å². The lowest BCUT2D eigenvalue weighted by Crippen LogP contribution is -2.41. The molecule has 2 bridgehead atoms. The van der Waals surface area contributed by atoms with Crippen molar-refractivity contribution in [3.05, 3.63) is 106 Å². The molecule has 4 aromatic rings. The van der Waals surface area contributed by atoms with Gasteiger partial charge in [-0.15, -0.1) is 0 Å². The number of aromatic nitrogens is 2. The summed E-state index contributed by atoms with van der Waals surface area (Å²) in [5, 5.41) is 6.98. The predicted molar refractivity (Wildman–Crippen MR) is 165 cm³/mol. The zero-order valence-corrected chi connectivity index (χ0v) is 23.5. The average Bonchev–Trinajstić information content (AvgIpc) is 3.53. The summed E-state index contributed by atoms with van der Waals surface area (Å²) >= 11 is 6.32. The molecule has 43 heavy (non-hydrogen) atoms. The normalized spacial score (nSPS) is 20.0. The number of nitrogens with zero attached hydrogens (tertiary/aromatic N) is 4. The van der Waals surface area contributed by atoms with Crippen LogP contribution in [0.2, 0.25) is 5.02 Å². The molecule has 0 aliphatic carbocycles. The van der Waals surface area contributed by atoms with E-state index >= 15 is 0 Å². The van der Waals surface area contributed by atoms with Crippen molar-refractivity contribution in [2.24, 2.45) is 4.99 Å². The van der Waals surface area contributed by atoms with Gasteiger partial charge >= 0.3 is 0 Å². The number of likely N-dealkylation sites (N-methyl/N-ethyl adjacent to an activating group) is 1. The van der Waals surface area contributed by atoms with Gasteiger partial charge in [0.15, 0.2) is 0 Å². The second kappa shape index (κ2) is 11.5. The van der Waals surface area contributed by atoms with Crippen LogP contribution in [0.3, 0.4) is 0 Å². The number of amides is 1. The average molecular weight is 601 g/mol. The Kier molecular flexibility index (Phi) is 7.70. The van der Waals surface area contributed by atoms with Gasteiger partial charge in [-0.1, -0.05) is 31.2 Å². The van der Waals surface area contributed by atoms with Crippen molar-refractivity contribution in [3.8, 4) is 11.3 Å². The Morgan fingerprint density at radius 2 is 1.79 bits per heavy atom. The minimum absolute atomic E-state index is 0. The quantitative estimate of drug-likeness (QED) is 0.264. The summed E-state index contributed by atoms with van der Waals surface area (Å²) in [4.78, 5) is 29.2. The van der Waals surface area contributed by atoms with E-state index in [0.29, 0.717) is 51.0 Å². The molecule has 3 atom stereocenters. The Labute approximate surface area is 254 Å². The molecule has 2 saturated heterocycles. The molecule has 1 amide bonds. The summed E-state index contributed by atoms with van der Waals surface area (Å²) in [6.07, 6.45) is 4.75. The lowest BCUT2D eigenvalue weighted by molar-refractivity contribution is 0.0724. The third kappa shape index (κ3) is 5.06. The fourth-order valence-electron chi connectivity index (χ4n) is 6.51. The molecule has 4 heterocycles. The summed E-state index contributed by atoms with van der Waals surface area (Å²) in [6.45, 7) is 0.134. The highest BCUT2D eigenvalue weighted by molar-refractivity contribution is 6.31. The number of nitrogens with one attached hydrogen (secondary N) is 2. The van der Waals surface area contributed by atoms with Crippen molar-refractivity contribution >= 4 is 34.9 Å². The Balaban J connectivity index is 0.00000329. The molecule has 7 rings (SSSR count). The van der Waals surface area contributed by atoms with Crippen molar-refractivity contribution in [2.45, 2.75) is 51.4 Å². The topological polar surface area (TPSA) is 82.5 Å². The highest BCUT2D eigenvalue weighted by Gasteiger charge is 2.48. The van der Waals surface area contributed by atoms with Crippen LogP contribution in [0.1, 0.15) is 53.7 Å². The van der Waals surface area contributed by atoms with Gasteiger partial charge < -0.3 is 15.5 Å². The van der Waals surface area contributed by atoms with Crippen LogP contribution < -0.4 is 10.6 Å². The summed E-state index contributed by atoms with van der Waals surface area (Å²) in [5.41, 5.74) is 3.74. The Morgan fingerprint density at radius 1 is 1.02 bits per heavy atom. The molecule has 0 spiro atoms. The van der Waals surface area contributed by atoms with E-state index in [0.717, 1.165) is 24.9 Å². The number of benzene rings is 3. The summed E-state index contributed by atoms with van der Waals surface area (Å²) in [7, 11) is 1.96. The van der Waals surface area contributed by atoms with Crippen LogP contribution >= 0.6 is 11.6 Å². The van der Waals surface area contributed by atoms with Crippen molar-refractivity contribution in [1.82, 2.24) is 20.2 Å². The van der Waals surface area contributed by atoms with Gasteiger partial charge in [-0.25, -0.2) is 18.7 Å². The van der Waals surface area contributed by atoms with E-state index in [9.17, 15) is 13.6 Å². The van der Waals surface area contributed by atoms with Crippen LogP contribution in [-0.4, -0.2) is 51.7 Å². The molecule has 3 aromatic carbocycles. The second-order valence-corrected chi connectivity index (χ2v) is 11.3. The van der Waals surface area contributed by atoms with E-state index in [1.54, 1.807) is 24.4 Å². The molecule has 1 aromatic heterocycles. The van der Waals surface area contributed by atoms with E-state index in [-0.39, 0.29) is 37.2 Å². The van der Waals surface area contributed by atoms with Crippen LogP contribution in [0.4, 0.5) is 20.4 Å². The SMILES string of the molecule is C.CNC1CC2CCC1N2C(=O)c1ccc(Nc2ncc3c(n2)-c2ccc(Cl)cc2C(c2c(F)cccc2F)=NC3)cc1.